The highest BCUT2D eigenvalue weighted by Gasteiger charge is 2.42. The lowest BCUT2D eigenvalue weighted by Crippen LogP contribution is -2.41. The summed E-state index contributed by atoms with van der Waals surface area (Å²) in [4.78, 5) is 46.2. The van der Waals surface area contributed by atoms with Gasteiger partial charge in [0.05, 0.1) is 4.92 Å². The van der Waals surface area contributed by atoms with Crippen molar-refractivity contribution in [2.45, 2.75) is 26.7 Å². The monoisotopic (exact) mass is 330 g/mol. The van der Waals surface area contributed by atoms with Crippen LogP contribution in [0.2, 0.25) is 0 Å². The van der Waals surface area contributed by atoms with Crippen LogP contribution in [0.3, 0.4) is 0 Å². The standard InChI is InChI=1S/C17H18N2O5/c1-17(2)9-14(21)16(15(22)10-17)13(20)7-8-18-11-3-5-12(6-4-11)19(23)24/h3-8,16,18H,9-10H2,1-2H3. The Hall–Kier alpha value is -2.83. The summed E-state index contributed by atoms with van der Waals surface area (Å²) < 4.78 is 0. The van der Waals surface area contributed by atoms with Gasteiger partial charge in [-0.15, -0.1) is 0 Å². The van der Waals surface area contributed by atoms with E-state index in [0.29, 0.717) is 5.69 Å². The fourth-order valence-electron chi connectivity index (χ4n) is 2.70. The van der Waals surface area contributed by atoms with Crippen LogP contribution in [-0.4, -0.2) is 22.3 Å². The Labute approximate surface area is 138 Å². The van der Waals surface area contributed by atoms with Crippen LogP contribution < -0.4 is 5.32 Å². The summed E-state index contributed by atoms with van der Waals surface area (Å²) in [6, 6.07) is 5.64. The summed E-state index contributed by atoms with van der Waals surface area (Å²) in [5, 5.41) is 13.3. The van der Waals surface area contributed by atoms with Gasteiger partial charge in [0.25, 0.3) is 5.69 Å². The third kappa shape index (κ3) is 4.13. The molecule has 1 fully saturated rings. The van der Waals surface area contributed by atoms with Crippen molar-refractivity contribution < 1.29 is 19.3 Å². The molecule has 0 atom stereocenters. The van der Waals surface area contributed by atoms with Crippen molar-refractivity contribution in [3.63, 3.8) is 0 Å². The highest BCUT2D eigenvalue weighted by atomic mass is 16.6. The van der Waals surface area contributed by atoms with Gasteiger partial charge in [-0.05, 0) is 23.6 Å². The summed E-state index contributed by atoms with van der Waals surface area (Å²) in [5.74, 6) is -2.45. The van der Waals surface area contributed by atoms with Gasteiger partial charge < -0.3 is 5.32 Å². The first kappa shape index (κ1) is 17.5. The number of carbonyl (C=O) groups is 3. The maximum absolute atomic E-state index is 12.1. The number of rotatable bonds is 5. The SMILES string of the molecule is CC1(C)CC(=O)C(C(=O)C=CNc2ccc([N+](=O)[O-])cc2)C(=O)C1. The molecule has 0 heterocycles. The van der Waals surface area contributed by atoms with Crippen LogP contribution in [0, 0.1) is 21.4 Å². The molecule has 1 aliphatic rings. The van der Waals surface area contributed by atoms with Gasteiger partial charge >= 0.3 is 0 Å². The third-order valence-corrected chi connectivity index (χ3v) is 3.81. The number of hydrogen-bond donors (Lipinski definition) is 1. The average molecular weight is 330 g/mol. The van der Waals surface area contributed by atoms with Gasteiger partial charge in [0.2, 0.25) is 0 Å². The molecule has 1 aliphatic carbocycles. The van der Waals surface area contributed by atoms with E-state index in [2.05, 4.69) is 5.32 Å². The second kappa shape index (κ2) is 6.74. The van der Waals surface area contributed by atoms with E-state index in [1.807, 2.05) is 13.8 Å². The molecule has 1 aromatic carbocycles. The molecule has 24 heavy (non-hydrogen) atoms. The number of nitro groups is 1. The van der Waals surface area contributed by atoms with Crippen molar-refractivity contribution >= 4 is 28.7 Å². The first-order chi connectivity index (χ1) is 11.2. The van der Waals surface area contributed by atoms with Crippen molar-refractivity contribution in [2.75, 3.05) is 5.32 Å². The lowest BCUT2D eigenvalue weighted by Gasteiger charge is -2.30. The van der Waals surface area contributed by atoms with E-state index in [0.717, 1.165) is 6.08 Å². The maximum Gasteiger partial charge on any atom is 0.269 e. The number of hydrogen-bond acceptors (Lipinski definition) is 6. The fraction of sp³-hybridized carbons (Fsp3) is 0.353. The van der Waals surface area contributed by atoms with E-state index >= 15 is 0 Å². The van der Waals surface area contributed by atoms with Gasteiger partial charge in [0, 0.05) is 36.9 Å². The molecule has 0 spiro atoms. The minimum absolute atomic E-state index is 0.0402. The molecule has 0 aromatic heterocycles. The molecule has 7 heteroatoms. The second-order valence-electron chi connectivity index (χ2n) is 6.57. The Morgan fingerprint density at radius 3 is 2.25 bits per heavy atom. The summed E-state index contributed by atoms with van der Waals surface area (Å²) in [7, 11) is 0. The molecule has 7 nitrogen and oxygen atoms in total. The van der Waals surface area contributed by atoms with Crippen LogP contribution in [0.5, 0.6) is 0 Å². The van der Waals surface area contributed by atoms with Crippen LogP contribution in [0.15, 0.2) is 36.5 Å². The average Bonchev–Trinajstić information content (AvgIpc) is 2.45. The largest absolute Gasteiger partial charge is 0.362 e. The Morgan fingerprint density at radius 1 is 1.21 bits per heavy atom. The first-order valence-corrected chi connectivity index (χ1v) is 7.46. The van der Waals surface area contributed by atoms with Crippen LogP contribution in [0.1, 0.15) is 26.7 Å². The lowest BCUT2D eigenvalue weighted by atomic mass is 9.70. The van der Waals surface area contributed by atoms with Gasteiger partial charge in [0.1, 0.15) is 5.92 Å². The Morgan fingerprint density at radius 2 is 1.75 bits per heavy atom. The number of carbonyl (C=O) groups excluding carboxylic acids is 3. The minimum Gasteiger partial charge on any atom is -0.362 e. The highest BCUT2D eigenvalue weighted by molar-refractivity contribution is 6.23. The number of ketones is 3. The Kier molecular flexibility index (Phi) is 4.92. The summed E-state index contributed by atoms with van der Waals surface area (Å²) in [5.41, 5.74) is 0.111. The lowest BCUT2D eigenvalue weighted by molar-refractivity contribution is -0.384. The van der Waals surface area contributed by atoms with Crippen LogP contribution >= 0.6 is 0 Å². The van der Waals surface area contributed by atoms with Crippen molar-refractivity contribution in [1.82, 2.24) is 0 Å². The van der Waals surface area contributed by atoms with Crippen molar-refractivity contribution in [2.24, 2.45) is 11.3 Å². The van der Waals surface area contributed by atoms with E-state index < -0.39 is 22.0 Å². The predicted molar refractivity (Wildman–Crippen MR) is 87.4 cm³/mol. The molecular formula is C17H18N2O5. The van der Waals surface area contributed by atoms with E-state index in [1.165, 1.54) is 30.5 Å². The number of non-ortho nitro benzene ring substituents is 1. The molecule has 0 radical (unpaired) electrons. The van der Waals surface area contributed by atoms with Crippen molar-refractivity contribution in [3.05, 3.63) is 46.7 Å². The van der Waals surface area contributed by atoms with Gasteiger partial charge in [-0.2, -0.15) is 0 Å². The molecule has 1 N–H and O–H groups in total. The van der Waals surface area contributed by atoms with Gasteiger partial charge in [0.15, 0.2) is 17.3 Å². The quantitative estimate of drug-likeness (QED) is 0.385. The number of Topliss-reactive ketones (excluding diaryl/α,β-unsaturated/α-hetero) is 2. The zero-order valence-electron chi connectivity index (χ0n) is 13.4. The maximum atomic E-state index is 12.1. The number of benzene rings is 1. The van der Waals surface area contributed by atoms with E-state index in [-0.39, 0.29) is 30.1 Å². The molecule has 0 saturated heterocycles. The molecule has 2 rings (SSSR count). The Bertz CT molecular complexity index is 699. The number of anilines is 1. The number of nitrogens with one attached hydrogen (secondary N) is 1. The van der Waals surface area contributed by atoms with Gasteiger partial charge in [-0.25, -0.2) is 0 Å². The molecule has 0 bridgehead atoms. The number of nitro benzene ring substituents is 1. The predicted octanol–water partition coefficient (Wildman–Crippen LogP) is 2.66. The fourth-order valence-corrected chi connectivity index (χ4v) is 2.70. The Balaban J connectivity index is 1.99. The zero-order chi connectivity index (χ0) is 17.9. The third-order valence-electron chi connectivity index (χ3n) is 3.81. The molecule has 0 aliphatic heterocycles. The van der Waals surface area contributed by atoms with E-state index in [9.17, 15) is 24.5 Å². The van der Waals surface area contributed by atoms with E-state index in [4.69, 9.17) is 0 Å². The molecule has 126 valence electrons. The molecule has 0 amide bonds. The molecule has 0 unspecified atom stereocenters. The van der Waals surface area contributed by atoms with Crippen molar-refractivity contribution in [3.8, 4) is 0 Å². The smallest absolute Gasteiger partial charge is 0.269 e. The molecular weight excluding hydrogens is 312 g/mol. The van der Waals surface area contributed by atoms with Crippen LogP contribution in [0.4, 0.5) is 11.4 Å². The van der Waals surface area contributed by atoms with E-state index in [1.54, 1.807) is 0 Å². The number of nitrogens with zero attached hydrogens (tertiary/aromatic N) is 1. The first-order valence-electron chi connectivity index (χ1n) is 7.46. The summed E-state index contributed by atoms with van der Waals surface area (Å²) in [6.07, 6.45) is 2.89. The van der Waals surface area contributed by atoms with Crippen LogP contribution in [-0.2, 0) is 14.4 Å². The van der Waals surface area contributed by atoms with Crippen molar-refractivity contribution in [1.29, 1.82) is 0 Å². The highest BCUT2D eigenvalue weighted by Crippen LogP contribution is 2.34. The topological polar surface area (TPSA) is 106 Å². The molecule has 1 saturated carbocycles. The van der Waals surface area contributed by atoms with Crippen LogP contribution in [0.25, 0.3) is 0 Å². The van der Waals surface area contributed by atoms with Gasteiger partial charge in [-0.1, -0.05) is 13.8 Å². The second-order valence-corrected chi connectivity index (χ2v) is 6.57. The summed E-state index contributed by atoms with van der Waals surface area (Å²) >= 11 is 0. The number of allylic oxidation sites excluding steroid dienone is 1. The summed E-state index contributed by atoms with van der Waals surface area (Å²) in [6.45, 7) is 3.66. The normalized spacial score (nSPS) is 17.9. The van der Waals surface area contributed by atoms with Gasteiger partial charge in [-0.3, -0.25) is 24.5 Å². The molecule has 1 aromatic rings. The zero-order valence-corrected chi connectivity index (χ0v) is 13.4. The minimum atomic E-state index is -1.21.